The highest BCUT2D eigenvalue weighted by Gasteiger charge is 2.14. The van der Waals surface area contributed by atoms with E-state index in [1.807, 2.05) is 0 Å². The molecule has 0 aliphatic carbocycles. The highest BCUT2D eigenvalue weighted by molar-refractivity contribution is 9.10. The summed E-state index contributed by atoms with van der Waals surface area (Å²) in [7, 11) is 1.27. The second kappa shape index (κ2) is 4.34. The summed E-state index contributed by atoms with van der Waals surface area (Å²) in [4.78, 5) is 14.9. The summed E-state index contributed by atoms with van der Waals surface area (Å²) < 4.78 is 5.14. The van der Waals surface area contributed by atoms with Gasteiger partial charge in [-0.05, 0) is 6.07 Å². The number of rotatable bonds is 2. The standard InChI is InChI=1S/C8H8BrNO3/c1-13-8(12)7-5(4-11)6(9)2-3-10-7/h2-3,11H,4H2,1H3. The van der Waals surface area contributed by atoms with Crippen LogP contribution in [0, 0.1) is 0 Å². The van der Waals surface area contributed by atoms with Crippen molar-refractivity contribution in [2.24, 2.45) is 0 Å². The van der Waals surface area contributed by atoms with Gasteiger partial charge in [-0.25, -0.2) is 9.78 Å². The molecular weight excluding hydrogens is 238 g/mol. The summed E-state index contributed by atoms with van der Waals surface area (Å²) >= 11 is 3.20. The largest absolute Gasteiger partial charge is 0.464 e. The van der Waals surface area contributed by atoms with E-state index in [0.717, 1.165) is 0 Å². The van der Waals surface area contributed by atoms with Crippen LogP contribution in [0.4, 0.5) is 0 Å². The Bertz CT molecular complexity index is 327. The van der Waals surface area contributed by atoms with Crippen molar-refractivity contribution in [2.75, 3.05) is 7.11 Å². The molecule has 4 nitrogen and oxygen atoms in total. The predicted octanol–water partition coefficient (Wildman–Crippen LogP) is 1.12. The van der Waals surface area contributed by atoms with Gasteiger partial charge in [0.15, 0.2) is 5.69 Å². The lowest BCUT2D eigenvalue weighted by Crippen LogP contribution is -2.08. The lowest BCUT2D eigenvalue weighted by atomic mass is 10.2. The molecule has 1 aromatic rings. The summed E-state index contributed by atoms with van der Waals surface area (Å²) in [5, 5.41) is 8.97. The van der Waals surface area contributed by atoms with Gasteiger partial charge < -0.3 is 9.84 Å². The van der Waals surface area contributed by atoms with Crippen molar-refractivity contribution in [3.05, 3.63) is 28.0 Å². The predicted molar refractivity (Wildman–Crippen MR) is 49.2 cm³/mol. The third kappa shape index (κ3) is 2.05. The number of carbonyl (C=O) groups excluding carboxylic acids is 1. The second-order valence-corrected chi connectivity index (χ2v) is 3.12. The fourth-order valence-corrected chi connectivity index (χ4v) is 1.32. The van der Waals surface area contributed by atoms with Gasteiger partial charge in [-0.2, -0.15) is 0 Å². The minimum absolute atomic E-state index is 0.138. The summed E-state index contributed by atoms with van der Waals surface area (Å²) in [6, 6.07) is 1.65. The van der Waals surface area contributed by atoms with Crippen LogP contribution in [-0.4, -0.2) is 23.2 Å². The van der Waals surface area contributed by atoms with E-state index in [0.29, 0.717) is 10.0 Å². The van der Waals surface area contributed by atoms with Crippen LogP contribution < -0.4 is 0 Å². The SMILES string of the molecule is COC(=O)c1nccc(Br)c1CO. The molecule has 1 N–H and O–H groups in total. The number of hydrogen-bond donors (Lipinski definition) is 1. The zero-order chi connectivity index (χ0) is 9.84. The minimum atomic E-state index is -0.551. The Morgan fingerprint density at radius 3 is 3.00 bits per heavy atom. The van der Waals surface area contributed by atoms with Crippen LogP contribution in [0.1, 0.15) is 16.1 Å². The van der Waals surface area contributed by atoms with E-state index in [2.05, 4.69) is 25.7 Å². The van der Waals surface area contributed by atoms with Crippen molar-refractivity contribution in [1.29, 1.82) is 0 Å². The monoisotopic (exact) mass is 245 g/mol. The molecule has 0 amide bonds. The molecule has 0 aliphatic heterocycles. The van der Waals surface area contributed by atoms with E-state index in [4.69, 9.17) is 5.11 Å². The number of aliphatic hydroxyl groups excluding tert-OH is 1. The Kier molecular flexibility index (Phi) is 3.39. The van der Waals surface area contributed by atoms with Gasteiger partial charge in [0.25, 0.3) is 0 Å². The van der Waals surface area contributed by atoms with Crippen LogP contribution in [0.3, 0.4) is 0 Å². The summed E-state index contributed by atoms with van der Waals surface area (Å²) in [5.74, 6) is -0.551. The van der Waals surface area contributed by atoms with Crippen molar-refractivity contribution in [3.8, 4) is 0 Å². The number of aromatic nitrogens is 1. The number of hydrogen-bond acceptors (Lipinski definition) is 4. The molecule has 1 rings (SSSR count). The Hall–Kier alpha value is -0.940. The number of halogens is 1. The van der Waals surface area contributed by atoms with Crippen LogP contribution in [0.5, 0.6) is 0 Å². The van der Waals surface area contributed by atoms with Crippen LogP contribution in [0.15, 0.2) is 16.7 Å². The molecule has 0 saturated carbocycles. The van der Waals surface area contributed by atoms with E-state index in [-0.39, 0.29) is 12.3 Å². The molecule has 1 heterocycles. The van der Waals surface area contributed by atoms with Crippen LogP contribution in [0.2, 0.25) is 0 Å². The minimum Gasteiger partial charge on any atom is -0.464 e. The quantitative estimate of drug-likeness (QED) is 0.794. The van der Waals surface area contributed by atoms with Crippen LogP contribution in [0.25, 0.3) is 0 Å². The molecule has 0 bridgehead atoms. The second-order valence-electron chi connectivity index (χ2n) is 2.27. The Balaban J connectivity index is 3.20. The first-order valence-electron chi connectivity index (χ1n) is 3.53. The molecule has 13 heavy (non-hydrogen) atoms. The molecule has 0 radical (unpaired) electrons. The van der Waals surface area contributed by atoms with Crippen molar-refractivity contribution < 1.29 is 14.6 Å². The van der Waals surface area contributed by atoms with Gasteiger partial charge in [0.05, 0.1) is 13.7 Å². The van der Waals surface area contributed by atoms with E-state index >= 15 is 0 Å². The Labute approximate surface area is 83.7 Å². The topological polar surface area (TPSA) is 59.4 Å². The third-order valence-corrected chi connectivity index (χ3v) is 2.28. The number of methoxy groups -OCH3 is 1. The summed E-state index contributed by atoms with van der Waals surface area (Å²) in [5.41, 5.74) is 0.578. The first-order valence-corrected chi connectivity index (χ1v) is 4.32. The number of nitrogens with zero attached hydrogens (tertiary/aromatic N) is 1. The van der Waals surface area contributed by atoms with Gasteiger partial charge in [-0.3, -0.25) is 0 Å². The average molecular weight is 246 g/mol. The van der Waals surface area contributed by atoms with Gasteiger partial charge in [0.2, 0.25) is 0 Å². The number of aliphatic hydroxyl groups is 1. The summed E-state index contributed by atoms with van der Waals surface area (Å²) in [6.07, 6.45) is 1.47. The molecule has 70 valence electrons. The van der Waals surface area contributed by atoms with E-state index < -0.39 is 5.97 Å². The number of ether oxygens (including phenoxy) is 1. The maximum Gasteiger partial charge on any atom is 0.357 e. The molecule has 5 heteroatoms. The van der Waals surface area contributed by atoms with Gasteiger partial charge >= 0.3 is 5.97 Å². The van der Waals surface area contributed by atoms with Crippen LogP contribution in [-0.2, 0) is 11.3 Å². The smallest absolute Gasteiger partial charge is 0.357 e. The third-order valence-electron chi connectivity index (χ3n) is 1.54. The van der Waals surface area contributed by atoms with Gasteiger partial charge in [0, 0.05) is 16.2 Å². The van der Waals surface area contributed by atoms with Crippen molar-refractivity contribution in [1.82, 2.24) is 4.98 Å². The molecule has 1 aromatic heterocycles. The van der Waals surface area contributed by atoms with Crippen molar-refractivity contribution >= 4 is 21.9 Å². The van der Waals surface area contributed by atoms with Crippen molar-refractivity contribution in [2.45, 2.75) is 6.61 Å². The molecular formula is C8H8BrNO3. The average Bonchev–Trinajstić information content (AvgIpc) is 2.16. The molecule has 0 aliphatic rings. The zero-order valence-electron chi connectivity index (χ0n) is 6.95. The highest BCUT2D eigenvalue weighted by Crippen LogP contribution is 2.19. The lowest BCUT2D eigenvalue weighted by molar-refractivity contribution is 0.0590. The molecule has 0 atom stereocenters. The number of esters is 1. The lowest BCUT2D eigenvalue weighted by Gasteiger charge is -2.05. The van der Waals surface area contributed by atoms with E-state index in [1.54, 1.807) is 6.07 Å². The van der Waals surface area contributed by atoms with Gasteiger partial charge in [-0.1, -0.05) is 15.9 Å². The summed E-state index contributed by atoms with van der Waals surface area (Å²) in [6.45, 7) is -0.251. The number of pyridine rings is 1. The Morgan fingerprint density at radius 2 is 2.46 bits per heavy atom. The zero-order valence-corrected chi connectivity index (χ0v) is 8.54. The number of carbonyl (C=O) groups is 1. The van der Waals surface area contributed by atoms with Gasteiger partial charge in [-0.15, -0.1) is 0 Å². The van der Waals surface area contributed by atoms with Crippen LogP contribution >= 0.6 is 15.9 Å². The molecule has 0 aromatic carbocycles. The molecule has 0 spiro atoms. The molecule has 0 saturated heterocycles. The first-order chi connectivity index (χ1) is 6.20. The van der Waals surface area contributed by atoms with E-state index in [9.17, 15) is 4.79 Å². The molecule has 0 fully saturated rings. The fraction of sp³-hybridized carbons (Fsp3) is 0.250. The molecule has 0 unspecified atom stereocenters. The van der Waals surface area contributed by atoms with E-state index in [1.165, 1.54) is 13.3 Å². The normalized spacial score (nSPS) is 9.77. The van der Waals surface area contributed by atoms with Crippen molar-refractivity contribution in [3.63, 3.8) is 0 Å². The Morgan fingerprint density at radius 1 is 1.77 bits per heavy atom. The first kappa shape index (κ1) is 10.1. The maximum absolute atomic E-state index is 11.1. The highest BCUT2D eigenvalue weighted by atomic mass is 79.9. The van der Waals surface area contributed by atoms with Gasteiger partial charge in [0.1, 0.15) is 0 Å². The fourth-order valence-electron chi connectivity index (χ4n) is 0.892. The maximum atomic E-state index is 11.1.